The Kier molecular flexibility index (Phi) is 6.08. The second kappa shape index (κ2) is 8.68. The topological polar surface area (TPSA) is 64.1 Å². The summed E-state index contributed by atoms with van der Waals surface area (Å²) in [7, 11) is 1.59. The number of hydrogen-bond donors (Lipinski definition) is 1. The van der Waals surface area contributed by atoms with Crippen molar-refractivity contribution < 1.29 is 9.53 Å². The molecule has 0 fully saturated rings. The first-order valence-electron chi connectivity index (χ1n) is 8.53. The molecule has 0 unspecified atom stereocenters. The van der Waals surface area contributed by atoms with Gasteiger partial charge in [0.25, 0.3) is 0 Å². The van der Waals surface area contributed by atoms with Crippen molar-refractivity contribution in [2.24, 2.45) is 0 Å². The highest BCUT2D eigenvalue weighted by Crippen LogP contribution is 2.26. The number of aryl methyl sites for hydroxylation is 2. The number of aromatic nitrogens is 2. The van der Waals surface area contributed by atoms with Crippen molar-refractivity contribution in [1.82, 2.24) is 9.97 Å². The van der Waals surface area contributed by atoms with Crippen molar-refractivity contribution in [2.75, 3.05) is 18.2 Å². The summed E-state index contributed by atoms with van der Waals surface area (Å²) in [5.41, 5.74) is 3.61. The fourth-order valence-electron chi connectivity index (χ4n) is 2.62. The second-order valence-electron chi connectivity index (χ2n) is 6.05. The Bertz CT molecular complexity index is 945. The maximum Gasteiger partial charge on any atom is 0.234 e. The summed E-state index contributed by atoms with van der Waals surface area (Å²) in [6, 6.07) is 17.5. The van der Waals surface area contributed by atoms with Crippen LogP contribution >= 0.6 is 11.8 Å². The van der Waals surface area contributed by atoms with Crippen LogP contribution in [0.15, 0.2) is 59.6 Å². The lowest BCUT2D eigenvalue weighted by molar-refractivity contribution is -0.113. The Labute approximate surface area is 163 Å². The molecule has 6 heteroatoms. The van der Waals surface area contributed by atoms with Gasteiger partial charge >= 0.3 is 0 Å². The molecule has 3 rings (SSSR count). The van der Waals surface area contributed by atoms with E-state index in [1.54, 1.807) is 7.11 Å². The van der Waals surface area contributed by atoms with E-state index in [1.165, 1.54) is 11.8 Å². The Morgan fingerprint density at radius 2 is 1.85 bits per heavy atom. The predicted molar refractivity (Wildman–Crippen MR) is 109 cm³/mol. The zero-order valence-corrected chi connectivity index (χ0v) is 16.3. The molecule has 0 aliphatic rings. The van der Waals surface area contributed by atoms with Crippen LogP contribution in [0.3, 0.4) is 0 Å². The maximum atomic E-state index is 12.4. The molecule has 138 valence electrons. The van der Waals surface area contributed by atoms with Gasteiger partial charge in [-0.2, -0.15) is 0 Å². The van der Waals surface area contributed by atoms with Gasteiger partial charge in [-0.05, 0) is 37.6 Å². The van der Waals surface area contributed by atoms with E-state index in [1.807, 2.05) is 68.4 Å². The van der Waals surface area contributed by atoms with E-state index in [-0.39, 0.29) is 11.7 Å². The van der Waals surface area contributed by atoms with E-state index in [4.69, 9.17) is 4.74 Å². The number of carbonyl (C=O) groups is 1. The summed E-state index contributed by atoms with van der Waals surface area (Å²) in [5, 5.41) is 3.68. The molecule has 1 amide bonds. The third-order valence-corrected chi connectivity index (χ3v) is 4.78. The highest BCUT2D eigenvalue weighted by molar-refractivity contribution is 7.99. The number of anilines is 1. The molecular weight excluding hydrogens is 358 g/mol. The maximum absolute atomic E-state index is 12.4. The van der Waals surface area contributed by atoms with Crippen molar-refractivity contribution >= 4 is 23.4 Å². The van der Waals surface area contributed by atoms with Gasteiger partial charge in [0.1, 0.15) is 16.6 Å². The van der Waals surface area contributed by atoms with Gasteiger partial charge in [0.05, 0.1) is 24.2 Å². The van der Waals surface area contributed by atoms with Gasteiger partial charge in [-0.1, -0.05) is 48.2 Å². The van der Waals surface area contributed by atoms with Gasteiger partial charge in [-0.25, -0.2) is 9.97 Å². The zero-order chi connectivity index (χ0) is 19.2. The van der Waals surface area contributed by atoms with Gasteiger partial charge < -0.3 is 10.1 Å². The summed E-state index contributed by atoms with van der Waals surface area (Å²) in [5.74, 6) is 1.46. The standard InChI is InChI=1S/C21H21N3O2S/c1-14-9-10-19(26-3)18(11-14)24-20(25)13-27-21-12-17(22-15(2)23-21)16-7-5-4-6-8-16/h4-12H,13H2,1-3H3,(H,24,25). The molecule has 0 aliphatic carbocycles. The van der Waals surface area contributed by atoms with E-state index in [0.717, 1.165) is 21.8 Å². The monoisotopic (exact) mass is 379 g/mol. The number of amides is 1. The summed E-state index contributed by atoms with van der Waals surface area (Å²) in [6.07, 6.45) is 0. The van der Waals surface area contributed by atoms with E-state index >= 15 is 0 Å². The molecule has 1 aromatic heterocycles. The molecule has 2 aromatic carbocycles. The Hall–Kier alpha value is -2.86. The number of benzene rings is 2. The lowest BCUT2D eigenvalue weighted by Gasteiger charge is -2.11. The Balaban J connectivity index is 1.69. The second-order valence-corrected chi connectivity index (χ2v) is 7.04. The normalized spacial score (nSPS) is 10.5. The average Bonchev–Trinajstić information content (AvgIpc) is 2.67. The molecule has 1 N–H and O–H groups in total. The highest BCUT2D eigenvalue weighted by atomic mass is 32.2. The van der Waals surface area contributed by atoms with E-state index in [2.05, 4.69) is 15.3 Å². The Morgan fingerprint density at radius 1 is 1.07 bits per heavy atom. The van der Waals surface area contributed by atoms with Gasteiger partial charge in [0.15, 0.2) is 0 Å². The number of nitrogens with zero attached hydrogens (tertiary/aromatic N) is 2. The lowest BCUT2D eigenvalue weighted by atomic mass is 10.1. The molecule has 1 heterocycles. The molecule has 3 aromatic rings. The molecule has 0 saturated heterocycles. The third kappa shape index (κ3) is 5.08. The zero-order valence-electron chi connectivity index (χ0n) is 15.5. The molecule has 5 nitrogen and oxygen atoms in total. The van der Waals surface area contributed by atoms with Gasteiger partial charge in [0, 0.05) is 5.56 Å². The quantitative estimate of drug-likeness (QED) is 0.505. The van der Waals surface area contributed by atoms with Crippen LogP contribution in [0.1, 0.15) is 11.4 Å². The Morgan fingerprint density at radius 3 is 2.59 bits per heavy atom. The fourth-order valence-corrected chi connectivity index (χ4v) is 3.36. The molecule has 0 aliphatic heterocycles. The number of hydrogen-bond acceptors (Lipinski definition) is 5. The number of nitrogens with one attached hydrogen (secondary N) is 1. The summed E-state index contributed by atoms with van der Waals surface area (Å²) in [4.78, 5) is 21.3. The van der Waals surface area contributed by atoms with Crippen LogP contribution < -0.4 is 10.1 Å². The van der Waals surface area contributed by atoms with Gasteiger partial charge in [0.2, 0.25) is 5.91 Å². The van der Waals surface area contributed by atoms with Gasteiger partial charge in [-0.3, -0.25) is 4.79 Å². The highest BCUT2D eigenvalue weighted by Gasteiger charge is 2.10. The van der Waals surface area contributed by atoms with Crippen molar-refractivity contribution in [1.29, 1.82) is 0 Å². The first-order valence-corrected chi connectivity index (χ1v) is 9.52. The summed E-state index contributed by atoms with van der Waals surface area (Å²) >= 11 is 1.38. The summed E-state index contributed by atoms with van der Waals surface area (Å²) in [6.45, 7) is 3.83. The van der Waals surface area contributed by atoms with Crippen LogP contribution in [-0.4, -0.2) is 28.7 Å². The number of carbonyl (C=O) groups excluding carboxylic acids is 1. The molecular formula is C21H21N3O2S. The van der Waals surface area contributed by atoms with Crippen LogP contribution in [0, 0.1) is 13.8 Å². The average molecular weight is 379 g/mol. The molecule has 0 saturated carbocycles. The van der Waals surface area contributed by atoms with Crippen molar-refractivity contribution in [3.63, 3.8) is 0 Å². The van der Waals surface area contributed by atoms with Crippen LogP contribution in [0.5, 0.6) is 5.75 Å². The fraction of sp³-hybridized carbons (Fsp3) is 0.190. The van der Waals surface area contributed by atoms with Crippen LogP contribution in [0.2, 0.25) is 0 Å². The van der Waals surface area contributed by atoms with E-state index in [0.29, 0.717) is 17.3 Å². The summed E-state index contributed by atoms with van der Waals surface area (Å²) < 4.78 is 5.30. The van der Waals surface area contributed by atoms with E-state index < -0.39 is 0 Å². The van der Waals surface area contributed by atoms with Crippen LogP contribution in [-0.2, 0) is 4.79 Å². The van der Waals surface area contributed by atoms with Crippen LogP contribution in [0.25, 0.3) is 11.3 Å². The molecule has 0 atom stereocenters. The predicted octanol–water partition coefficient (Wildman–Crippen LogP) is 4.50. The first-order chi connectivity index (χ1) is 13.0. The molecule has 0 radical (unpaired) electrons. The minimum Gasteiger partial charge on any atom is -0.495 e. The molecule has 0 spiro atoms. The van der Waals surface area contributed by atoms with Crippen LogP contribution in [0.4, 0.5) is 5.69 Å². The third-order valence-electron chi connectivity index (χ3n) is 3.86. The van der Waals surface area contributed by atoms with Crippen molar-refractivity contribution in [3.8, 4) is 17.0 Å². The largest absolute Gasteiger partial charge is 0.495 e. The number of ether oxygens (including phenoxy) is 1. The van der Waals surface area contributed by atoms with Gasteiger partial charge in [-0.15, -0.1) is 0 Å². The van der Waals surface area contributed by atoms with E-state index in [9.17, 15) is 4.79 Å². The smallest absolute Gasteiger partial charge is 0.234 e. The minimum atomic E-state index is -0.110. The first kappa shape index (κ1) is 18.9. The lowest BCUT2D eigenvalue weighted by Crippen LogP contribution is -2.15. The van der Waals surface area contributed by atoms with Crippen molar-refractivity contribution in [2.45, 2.75) is 18.9 Å². The molecule has 0 bridgehead atoms. The SMILES string of the molecule is COc1ccc(C)cc1NC(=O)CSc1cc(-c2ccccc2)nc(C)n1. The minimum absolute atomic E-state index is 0.110. The van der Waals surface area contributed by atoms with Crippen molar-refractivity contribution in [3.05, 3.63) is 66.0 Å². The number of rotatable bonds is 6. The number of thioether (sulfide) groups is 1. The number of methoxy groups -OCH3 is 1. The molecule has 27 heavy (non-hydrogen) atoms.